The fourth-order valence-electron chi connectivity index (χ4n) is 2.64. The average molecular weight is 364 g/mol. The monoisotopic (exact) mass is 364 g/mol. The fraction of sp³-hybridized carbons (Fsp3) is 0.105. The summed E-state index contributed by atoms with van der Waals surface area (Å²) < 4.78 is 7.41. The molecule has 3 aromatic heterocycles. The molecule has 4 rings (SSSR count). The van der Waals surface area contributed by atoms with E-state index in [1.807, 2.05) is 53.4 Å². The molecule has 0 aliphatic heterocycles. The summed E-state index contributed by atoms with van der Waals surface area (Å²) in [5.41, 5.74) is 2.90. The van der Waals surface area contributed by atoms with Gasteiger partial charge in [0, 0.05) is 35.2 Å². The smallest absolute Gasteiger partial charge is 0.261 e. The standard InChI is InChI=1S/C19H16N4O2S/c1-2-25-18-15(7-4-8-20-18)17(24)21-14-6-3-5-13(11-14)16-12-23-9-10-26-19(23)22-16/h3-12H,2H2,1H3,(H,21,24). The summed E-state index contributed by atoms with van der Waals surface area (Å²) in [5.74, 6) is 0.0718. The number of hydrogen-bond donors (Lipinski definition) is 1. The van der Waals surface area contributed by atoms with Crippen LogP contribution in [0.25, 0.3) is 16.2 Å². The van der Waals surface area contributed by atoms with Gasteiger partial charge in [0.25, 0.3) is 5.91 Å². The summed E-state index contributed by atoms with van der Waals surface area (Å²) in [4.78, 5) is 22.3. The minimum atomic E-state index is -0.260. The van der Waals surface area contributed by atoms with E-state index in [2.05, 4.69) is 15.3 Å². The Morgan fingerprint density at radius 1 is 1.31 bits per heavy atom. The molecule has 0 saturated heterocycles. The SMILES string of the molecule is CCOc1ncccc1C(=O)Nc1cccc(-c2cn3ccsc3n2)c1. The van der Waals surface area contributed by atoms with Crippen molar-refractivity contribution in [1.29, 1.82) is 0 Å². The van der Waals surface area contributed by atoms with Crippen LogP contribution in [-0.2, 0) is 0 Å². The quantitative estimate of drug-likeness (QED) is 0.579. The van der Waals surface area contributed by atoms with Crippen LogP contribution in [0.1, 0.15) is 17.3 Å². The van der Waals surface area contributed by atoms with Crippen LogP contribution in [0.5, 0.6) is 5.88 Å². The third kappa shape index (κ3) is 3.16. The molecular formula is C19H16N4O2S. The molecule has 0 radical (unpaired) electrons. The van der Waals surface area contributed by atoms with E-state index < -0.39 is 0 Å². The van der Waals surface area contributed by atoms with Gasteiger partial charge >= 0.3 is 0 Å². The Morgan fingerprint density at radius 3 is 3.08 bits per heavy atom. The van der Waals surface area contributed by atoms with Crippen LogP contribution in [0.3, 0.4) is 0 Å². The summed E-state index contributed by atoms with van der Waals surface area (Å²) in [5, 5.41) is 4.90. The van der Waals surface area contributed by atoms with Gasteiger partial charge in [-0.15, -0.1) is 11.3 Å². The van der Waals surface area contributed by atoms with Gasteiger partial charge in [-0.2, -0.15) is 0 Å². The molecule has 0 spiro atoms. The molecular weight excluding hydrogens is 348 g/mol. The van der Waals surface area contributed by atoms with Crippen molar-refractivity contribution >= 4 is 27.9 Å². The third-order valence-corrected chi connectivity index (χ3v) is 4.58. The number of fused-ring (bicyclic) bond motifs is 1. The minimum Gasteiger partial charge on any atom is -0.477 e. The van der Waals surface area contributed by atoms with Crippen molar-refractivity contribution < 1.29 is 9.53 Å². The second-order valence-corrected chi connectivity index (χ2v) is 6.42. The third-order valence-electron chi connectivity index (χ3n) is 3.81. The van der Waals surface area contributed by atoms with Crippen molar-refractivity contribution in [3.05, 3.63) is 65.9 Å². The van der Waals surface area contributed by atoms with Gasteiger partial charge in [0.05, 0.1) is 12.3 Å². The number of rotatable bonds is 5. The first-order chi connectivity index (χ1) is 12.7. The summed E-state index contributed by atoms with van der Waals surface area (Å²) in [7, 11) is 0. The Balaban J connectivity index is 1.59. The largest absolute Gasteiger partial charge is 0.477 e. The van der Waals surface area contributed by atoms with E-state index in [0.717, 1.165) is 16.2 Å². The fourth-order valence-corrected chi connectivity index (χ4v) is 3.34. The van der Waals surface area contributed by atoms with Crippen molar-refractivity contribution in [2.75, 3.05) is 11.9 Å². The number of hydrogen-bond acceptors (Lipinski definition) is 5. The highest BCUT2D eigenvalue weighted by atomic mass is 32.1. The lowest BCUT2D eigenvalue weighted by Gasteiger charge is -2.10. The van der Waals surface area contributed by atoms with Crippen LogP contribution in [0, 0.1) is 0 Å². The number of ether oxygens (including phenoxy) is 1. The Kier molecular flexibility index (Phi) is 4.37. The lowest BCUT2D eigenvalue weighted by molar-refractivity contribution is 0.102. The van der Waals surface area contributed by atoms with Crippen LogP contribution in [0.15, 0.2) is 60.4 Å². The van der Waals surface area contributed by atoms with Crippen LogP contribution in [-0.4, -0.2) is 26.9 Å². The molecule has 1 aromatic carbocycles. The molecule has 0 bridgehead atoms. The van der Waals surface area contributed by atoms with E-state index in [4.69, 9.17) is 4.74 Å². The zero-order valence-corrected chi connectivity index (χ0v) is 14.9. The molecule has 0 aliphatic rings. The molecule has 1 amide bonds. The number of imidazole rings is 1. The van der Waals surface area contributed by atoms with Crippen LogP contribution >= 0.6 is 11.3 Å². The first-order valence-electron chi connectivity index (χ1n) is 8.16. The van der Waals surface area contributed by atoms with E-state index in [0.29, 0.717) is 23.7 Å². The van der Waals surface area contributed by atoms with Crippen molar-refractivity contribution in [3.63, 3.8) is 0 Å². The Bertz CT molecular complexity index is 1040. The first kappa shape index (κ1) is 16.3. The van der Waals surface area contributed by atoms with Crippen molar-refractivity contribution in [1.82, 2.24) is 14.4 Å². The summed E-state index contributed by atoms with van der Waals surface area (Å²) in [6.07, 6.45) is 5.55. The van der Waals surface area contributed by atoms with E-state index in [9.17, 15) is 4.79 Å². The second-order valence-electron chi connectivity index (χ2n) is 5.54. The summed E-state index contributed by atoms with van der Waals surface area (Å²) >= 11 is 1.58. The van der Waals surface area contributed by atoms with Crippen LogP contribution in [0.2, 0.25) is 0 Å². The van der Waals surface area contributed by atoms with Gasteiger partial charge in [0.1, 0.15) is 5.56 Å². The highest BCUT2D eigenvalue weighted by molar-refractivity contribution is 7.15. The number of pyridine rings is 1. The number of thiazole rings is 1. The minimum absolute atomic E-state index is 0.260. The molecule has 0 aliphatic carbocycles. The Labute approximate surface area is 154 Å². The summed E-state index contributed by atoms with van der Waals surface area (Å²) in [6, 6.07) is 11.0. The number of amides is 1. The zero-order valence-electron chi connectivity index (χ0n) is 14.0. The molecule has 7 heteroatoms. The van der Waals surface area contributed by atoms with Gasteiger partial charge in [-0.1, -0.05) is 12.1 Å². The van der Waals surface area contributed by atoms with Gasteiger partial charge in [-0.3, -0.25) is 9.20 Å². The van der Waals surface area contributed by atoms with Crippen molar-refractivity contribution in [2.24, 2.45) is 0 Å². The van der Waals surface area contributed by atoms with Gasteiger partial charge < -0.3 is 10.1 Å². The molecule has 0 unspecified atom stereocenters. The molecule has 0 saturated carbocycles. The number of anilines is 1. The predicted octanol–water partition coefficient (Wildman–Crippen LogP) is 4.11. The van der Waals surface area contributed by atoms with Gasteiger partial charge in [0.15, 0.2) is 4.96 Å². The van der Waals surface area contributed by atoms with Crippen LogP contribution in [0.4, 0.5) is 5.69 Å². The molecule has 6 nitrogen and oxygen atoms in total. The Hall–Kier alpha value is -3.19. The average Bonchev–Trinajstić information content (AvgIpc) is 3.25. The number of carbonyl (C=O) groups excluding carboxylic acids is 1. The molecule has 1 N–H and O–H groups in total. The van der Waals surface area contributed by atoms with E-state index in [-0.39, 0.29) is 5.91 Å². The normalized spacial score (nSPS) is 10.8. The van der Waals surface area contributed by atoms with Crippen LogP contribution < -0.4 is 10.1 Å². The highest BCUT2D eigenvalue weighted by Crippen LogP contribution is 2.25. The van der Waals surface area contributed by atoms with Gasteiger partial charge in [-0.05, 0) is 31.2 Å². The van der Waals surface area contributed by atoms with E-state index in [1.54, 1.807) is 29.7 Å². The predicted molar refractivity (Wildman–Crippen MR) is 102 cm³/mol. The number of carbonyl (C=O) groups is 1. The van der Waals surface area contributed by atoms with Crippen molar-refractivity contribution in [2.45, 2.75) is 6.92 Å². The maximum atomic E-state index is 12.6. The summed E-state index contributed by atoms with van der Waals surface area (Å²) in [6.45, 7) is 2.31. The lowest BCUT2D eigenvalue weighted by Crippen LogP contribution is -2.14. The number of benzene rings is 1. The van der Waals surface area contributed by atoms with Gasteiger partial charge in [-0.25, -0.2) is 9.97 Å². The lowest BCUT2D eigenvalue weighted by atomic mass is 10.1. The maximum Gasteiger partial charge on any atom is 0.261 e. The van der Waals surface area contributed by atoms with Gasteiger partial charge in [0.2, 0.25) is 5.88 Å². The molecule has 130 valence electrons. The van der Waals surface area contributed by atoms with E-state index in [1.165, 1.54) is 0 Å². The molecule has 0 atom stereocenters. The number of aromatic nitrogens is 3. The number of nitrogens with zero attached hydrogens (tertiary/aromatic N) is 3. The zero-order chi connectivity index (χ0) is 17.9. The molecule has 0 fully saturated rings. The first-order valence-corrected chi connectivity index (χ1v) is 9.04. The molecule has 4 aromatic rings. The highest BCUT2D eigenvalue weighted by Gasteiger charge is 2.14. The molecule has 3 heterocycles. The maximum absolute atomic E-state index is 12.6. The van der Waals surface area contributed by atoms with E-state index >= 15 is 0 Å². The Morgan fingerprint density at radius 2 is 2.23 bits per heavy atom. The second kappa shape index (κ2) is 6.97. The number of nitrogens with one attached hydrogen (secondary N) is 1. The molecule has 26 heavy (non-hydrogen) atoms. The van der Waals surface area contributed by atoms with Crippen molar-refractivity contribution in [3.8, 4) is 17.1 Å². The topological polar surface area (TPSA) is 68.5 Å².